The molecule has 0 radical (unpaired) electrons. The molecule has 4 rings (SSSR count). The van der Waals surface area contributed by atoms with E-state index in [1.54, 1.807) is 21.9 Å². The van der Waals surface area contributed by atoms with Crippen LogP contribution in [0.1, 0.15) is 5.69 Å². The van der Waals surface area contributed by atoms with Crippen molar-refractivity contribution in [3.05, 3.63) is 52.1 Å². The Kier molecular flexibility index (Phi) is 5.91. The van der Waals surface area contributed by atoms with Gasteiger partial charge in [0.15, 0.2) is 0 Å². The van der Waals surface area contributed by atoms with Crippen molar-refractivity contribution in [1.29, 1.82) is 0 Å². The zero-order chi connectivity index (χ0) is 20.4. The fraction of sp³-hybridized carbons (Fsp3) is 0.300. The number of benzene rings is 2. The summed E-state index contributed by atoms with van der Waals surface area (Å²) in [7, 11) is 1.84. The third-order valence-electron chi connectivity index (χ3n) is 4.79. The number of nitrogens with zero attached hydrogens (tertiary/aromatic N) is 3. The van der Waals surface area contributed by atoms with Crippen molar-refractivity contribution < 1.29 is 14.4 Å². The van der Waals surface area contributed by atoms with Gasteiger partial charge in [0, 0.05) is 33.6 Å². The summed E-state index contributed by atoms with van der Waals surface area (Å²) in [5, 5.41) is 11.1. The normalized spacial score (nSPS) is 14.9. The Bertz CT molecular complexity index is 1050. The number of hydroxylamine groups is 2. The van der Waals surface area contributed by atoms with Crippen LogP contribution in [0.15, 0.2) is 36.4 Å². The van der Waals surface area contributed by atoms with Crippen molar-refractivity contribution in [2.24, 2.45) is 7.05 Å². The van der Waals surface area contributed by atoms with Crippen LogP contribution in [0.5, 0.6) is 0 Å². The molecule has 1 saturated heterocycles. The van der Waals surface area contributed by atoms with Gasteiger partial charge in [-0.2, -0.15) is 5.10 Å². The van der Waals surface area contributed by atoms with E-state index in [4.69, 9.17) is 32.8 Å². The van der Waals surface area contributed by atoms with Gasteiger partial charge in [-0.15, -0.1) is 5.06 Å². The summed E-state index contributed by atoms with van der Waals surface area (Å²) in [5.74, 6) is 0. The Morgan fingerprint density at radius 2 is 2.00 bits per heavy atom. The largest absolute Gasteiger partial charge is 0.426 e. The molecular formula is C20H20Cl2N4O3. The van der Waals surface area contributed by atoms with E-state index >= 15 is 0 Å². The predicted octanol–water partition coefficient (Wildman–Crippen LogP) is 4.02. The van der Waals surface area contributed by atoms with Crippen LogP contribution in [-0.2, 0) is 23.2 Å². The first-order chi connectivity index (χ1) is 14.0. The maximum Gasteiger partial charge on any atom is 0.426 e. The quantitative estimate of drug-likeness (QED) is 0.671. The average Bonchev–Trinajstić information content (AvgIpc) is 3.02. The molecule has 0 unspecified atom stereocenters. The Morgan fingerprint density at radius 1 is 1.21 bits per heavy atom. The van der Waals surface area contributed by atoms with E-state index < -0.39 is 6.09 Å². The number of nitrogens with one attached hydrogen (secondary N) is 1. The molecule has 0 spiro atoms. The molecule has 7 nitrogen and oxygen atoms in total. The predicted molar refractivity (Wildman–Crippen MR) is 112 cm³/mol. The second-order valence-electron chi connectivity index (χ2n) is 6.67. The SMILES string of the molecule is Cn1nc2c(-c3ccc(Cl)cc3Cl)cccc2c1CNC(=O)ON1CCOCC1. The monoisotopic (exact) mass is 434 g/mol. The highest BCUT2D eigenvalue weighted by molar-refractivity contribution is 6.36. The van der Waals surface area contributed by atoms with Crippen LogP contribution in [0, 0.1) is 0 Å². The molecule has 1 aromatic heterocycles. The van der Waals surface area contributed by atoms with E-state index in [2.05, 4.69) is 10.4 Å². The van der Waals surface area contributed by atoms with E-state index in [0.29, 0.717) is 36.3 Å². The molecule has 1 aliphatic rings. The highest BCUT2D eigenvalue weighted by Crippen LogP contribution is 2.35. The number of aryl methyl sites for hydroxylation is 1. The lowest BCUT2D eigenvalue weighted by atomic mass is 10.0. The third-order valence-corrected chi connectivity index (χ3v) is 5.34. The maximum absolute atomic E-state index is 12.1. The Hall–Kier alpha value is -2.32. The lowest BCUT2D eigenvalue weighted by Crippen LogP contribution is -2.40. The molecule has 0 atom stereocenters. The second-order valence-corrected chi connectivity index (χ2v) is 7.51. The standard InChI is InChI=1S/C20H20Cl2N4O3/c1-25-18(12-23-20(27)29-26-7-9-28-10-8-26)16-4-2-3-15(19(16)24-25)14-6-5-13(21)11-17(14)22/h2-6,11H,7-10,12H2,1H3,(H,23,27). The van der Waals surface area contributed by atoms with Crippen molar-refractivity contribution in [3.8, 4) is 11.1 Å². The van der Waals surface area contributed by atoms with E-state index in [0.717, 1.165) is 27.7 Å². The van der Waals surface area contributed by atoms with Crippen molar-refractivity contribution >= 4 is 40.2 Å². The average molecular weight is 435 g/mol. The summed E-state index contributed by atoms with van der Waals surface area (Å²) in [6.45, 7) is 2.51. The Balaban J connectivity index is 1.56. The summed E-state index contributed by atoms with van der Waals surface area (Å²) in [4.78, 5) is 17.4. The molecule has 2 aromatic carbocycles. The van der Waals surface area contributed by atoms with Gasteiger partial charge in [-0.1, -0.05) is 47.5 Å². The van der Waals surface area contributed by atoms with Crippen LogP contribution in [0.4, 0.5) is 4.79 Å². The number of aromatic nitrogens is 2. The highest BCUT2D eigenvalue weighted by atomic mass is 35.5. The number of halogens is 2. The van der Waals surface area contributed by atoms with Gasteiger partial charge in [0.05, 0.1) is 38.5 Å². The van der Waals surface area contributed by atoms with Gasteiger partial charge in [0.2, 0.25) is 0 Å². The van der Waals surface area contributed by atoms with Crippen LogP contribution in [0.3, 0.4) is 0 Å². The van der Waals surface area contributed by atoms with Crippen LogP contribution in [-0.4, -0.2) is 47.2 Å². The highest BCUT2D eigenvalue weighted by Gasteiger charge is 2.18. The number of ether oxygens (including phenoxy) is 1. The fourth-order valence-corrected chi connectivity index (χ4v) is 3.86. The van der Waals surface area contributed by atoms with Crippen molar-refractivity contribution in [1.82, 2.24) is 20.2 Å². The van der Waals surface area contributed by atoms with Crippen molar-refractivity contribution in [2.75, 3.05) is 26.3 Å². The van der Waals surface area contributed by atoms with E-state index in [9.17, 15) is 4.79 Å². The zero-order valence-corrected chi connectivity index (χ0v) is 17.3. The second kappa shape index (κ2) is 8.59. The van der Waals surface area contributed by atoms with Crippen LogP contribution in [0.2, 0.25) is 10.0 Å². The first kappa shape index (κ1) is 20.0. The molecule has 152 valence electrons. The number of amides is 1. The van der Waals surface area contributed by atoms with Crippen molar-refractivity contribution in [2.45, 2.75) is 6.54 Å². The molecule has 3 aromatic rings. The molecule has 0 saturated carbocycles. The smallest absolute Gasteiger partial charge is 0.379 e. The van der Waals surface area contributed by atoms with Crippen LogP contribution < -0.4 is 5.32 Å². The Morgan fingerprint density at radius 3 is 2.76 bits per heavy atom. The number of morpholine rings is 1. The first-order valence-corrected chi connectivity index (χ1v) is 9.97. The minimum Gasteiger partial charge on any atom is -0.379 e. The van der Waals surface area contributed by atoms with Gasteiger partial charge in [-0.05, 0) is 12.1 Å². The lowest BCUT2D eigenvalue weighted by molar-refractivity contribution is -0.146. The number of carbonyl (C=O) groups is 1. The van der Waals surface area contributed by atoms with E-state index in [1.807, 2.05) is 31.3 Å². The molecule has 2 heterocycles. The lowest BCUT2D eigenvalue weighted by Gasteiger charge is -2.24. The van der Waals surface area contributed by atoms with Gasteiger partial charge >= 0.3 is 6.09 Å². The number of carbonyl (C=O) groups excluding carboxylic acids is 1. The summed E-state index contributed by atoms with van der Waals surface area (Å²) in [5.41, 5.74) is 3.43. The molecule has 0 aliphatic carbocycles. The molecule has 1 amide bonds. The summed E-state index contributed by atoms with van der Waals surface area (Å²) in [6.07, 6.45) is -0.502. The van der Waals surface area contributed by atoms with Crippen LogP contribution >= 0.6 is 23.2 Å². The number of hydrogen-bond acceptors (Lipinski definition) is 5. The van der Waals surface area contributed by atoms with Gasteiger partial charge in [-0.3, -0.25) is 4.68 Å². The fourth-order valence-electron chi connectivity index (χ4n) is 3.35. The van der Waals surface area contributed by atoms with Gasteiger partial charge in [-0.25, -0.2) is 4.79 Å². The summed E-state index contributed by atoms with van der Waals surface area (Å²) < 4.78 is 7.00. The molecule has 29 heavy (non-hydrogen) atoms. The van der Waals surface area contributed by atoms with Gasteiger partial charge in [0.1, 0.15) is 5.52 Å². The number of rotatable bonds is 4. The minimum absolute atomic E-state index is 0.286. The van der Waals surface area contributed by atoms with Crippen LogP contribution in [0.25, 0.3) is 22.0 Å². The molecule has 1 aliphatic heterocycles. The zero-order valence-electron chi connectivity index (χ0n) is 15.8. The molecule has 9 heteroatoms. The molecule has 1 N–H and O–H groups in total. The first-order valence-electron chi connectivity index (χ1n) is 9.21. The Labute approximate surface area is 178 Å². The number of hydrogen-bond donors (Lipinski definition) is 1. The van der Waals surface area contributed by atoms with Crippen molar-refractivity contribution in [3.63, 3.8) is 0 Å². The molecule has 1 fully saturated rings. The van der Waals surface area contributed by atoms with E-state index in [-0.39, 0.29) is 6.54 Å². The van der Waals surface area contributed by atoms with E-state index in [1.165, 1.54) is 0 Å². The maximum atomic E-state index is 12.1. The number of fused-ring (bicyclic) bond motifs is 1. The molecular weight excluding hydrogens is 415 g/mol. The summed E-state index contributed by atoms with van der Waals surface area (Å²) >= 11 is 12.4. The summed E-state index contributed by atoms with van der Waals surface area (Å²) in [6, 6.07) is 11.3. The van der Waals surface area contributed by atoms with Gasteiger partial charge < -0.3 is 14.9 Å². The molecule has 0 bridgehead atoms. The topological polar surface area (TPSA) is 68.6 Å². The third kappa shape index (κ3) is 4.33. The minimum atomic E-state index is -0.502. The van der Waals surface area contributed by atoms with Gasteiger partial charge in [0.25, 0.3) is 0 Å².